The first-order valence-corrected chi connectivity index (χ1v) is 8.73. The Hall–Kier alpha value is -2.37. The minimum atomic E-state index is -0.565. The van der Waals surface area contributed by atoms with Crippen LogP contribution in [0.15, 0.2) is 24.3 Å². The molecule has 6 nitrogen and oxygen atoms in total. The summed E-state index contributed by atoms with van der Waals surface area (Å²) in [6.45, 7) is 5.76. The second-order valence-corrected chi connectivity index (χ2v) is 8.11. The summed E-state index contributed by atoms with van der Waals surface area (Å²) in [4.78, 5) is 40.8. The lowest BCUT2D eigenvalue weighted by Gasteiger charge is -2.30. The van der Waals surface area contributed by atoms with Gasteiger partial charge in [0.15, 0.2) is 0 Å². The number of hydrogen-bond acceptors (Lipinski definition) is 4. The Labute approximate surface area is 146 Å². The minimum absolute atomic E-state index is 0.151. The molecule has 0 unspecified atom stereocenters. The van der Waals surface area contributed by atoms with E-state index in [1.165, 1.54) is 4.90 Å². The van der Waals surface area contributed by atoms with Crippen LogP contribution in [-0.2, 0) is 4.74 Å². The zero-order valence-electron chi connectivity index (χ0n) is 14.7. The van der Waals surface area contributed by atoms with E-state index in [-0.39, 0.29) is 36.5 Å². The molecule has 6 heteroatoms. The van der Waals surface area contributed by atoms with Crippen LogP contribution in [0, 0.1) is 5.92 Å². The van der Waals surface area contributed by atoms with Gasteiger partial charge in [0.05, 0.1) is 23.7 Å². The number of ether oxygens (including phenoxy) is 1. The van der Waals surface area contributed by atoms with Crippen LogP contribution in [0.1, 0.15) is 54.3 Å². The maximum absolute atomic E-state index is 12.6. The lowest BCUT2D eigenvalue weighted by atomic mass is 9.83. The summed E-state index contributed by atoms with van der Waals surface area (Å²) in [6, 6.07) is 6.88. The first-order valence-electron chi connectivity index (χ1n) is 8.73. The summed E-state index contributed by atoms with van der Waals surface area (Å²) in [6.07, 6.45) is 1.50. The number of imide groups is 1. The van der Waals surface area contributed by atoms with Crippen LogP contribution in [0.3, 0.4) is 0 Å². The summed E-state index contributed by atoms with van der Waals surface area (Å²) >= 11 is 0. The van der Waals surface area contributed by atoms with Gasteiger partial charge in [-0.2, -0.15) is 0 Å². The van der Waals surface area contributed by atoms with Crippen molar-refractivity contribution in [2.24, 2.45) is 5.92 Å². The van der Waals surface area contributed by atoms with E-state index in [0.717, 1.165) is 12.8 Å². The topological polar surface area (TPSA) is 66.9 Å². The van der Waals surface area contributed by atoms with Crippen LogP contribution in [-0.4, -0.2) is 51.9 Å². The van der Waals surface area contributed by atoms with E-state index in [1.807, 2.05) is 20.8 Å². The maximum Gasteiger partial charge on any atom is 0.410 e. The van der Waals surface area contributed by atoms with Crippen molar-refractivity contribution in [3.63, 3.8) is 0 Å². The van der Waals surface area contributed by atoms with Crippen LogP contribution in [0.4, 0.5) is 4.79 Å². The van der Waals surface area contributed by atoms with Gasteiger partial charge in [0.1, 0.15) is 5.60 Å². The molecule has 3 amide bonds. The first-order chi connectivity index (χ1) is 11.8. The molecule has 0 spiro atoms. The van der Waals surface area contributed by atoms with E-state index < -0.39 is 5.60 Å². The Morgan fingerprint density at radius 1 is 1.12 bits per heavy atom. The van der Waals surface area contributed by atoms with Crippen molar-refractivity contribution in [2.75, 3.05) is 6.54 Å². The van der Waals surface area contributed by atoms with Crippen LogP contribution in [0.25, 0.3) is 0 Å². The molecule has 0 N–H and O–H groups in total. The van der Waals surface area contributed by atoms with Crippen LogP contribution < -0.4 is 0 Å². The van der Waals surface area contributed by atoms with Crippen LogP contribution >= 0.6 is 0 Å². The second-order valence-electron chi connectivity index (χ2n) is 8.11. The number of carbonyl (C=O) groups excluding carboxylic acids is 3. The predicted octanol–water partition coefficient (Wildman–Crippen LogP) is 2.68. The average molecular weight is 342 g/mol. The van der Waals surface area contributed by atoms with Gasteiger partial charge in [-0.15, -0.1) is 0 Å². The normalized spacial score (nSPS) is 27.4. The fourth-order valence-corrected chi connectivity index (χ4v) is 4.10. The molecule has 1 aliphatic carbocycles. The molecule has 132 valence electrons. The molecule has 1 atom stereocenters. The quantitative estimate of drug-likeness (QED) is 0.775. The monoisotopic (exact) mass is 342 g/mol. The summed E-state index contributed by atoms with van der Waals surface area (Å²) in [5.41, 5.74) is 0.327. The van der Waals surface area contributed by atoms with Crippen LogP contribution in [0.2, 0.25) is 0 Å². The third-order valence-corrected chi connectivity index (χ3v) is 5.30. The smallest absolute Gasteiger partial charge is 0.410 e. The van der Waals surface area contributed by atoms with Crippen molar-refractivity contribution in [3.05, 3.63) is 35.4 Å². The Morgan fingerprint density at radius 3 is 2.20 bits per heavy atom. The lowest BCUT2D eigenvalue weighted by molar-refractivity contribution is 0.0161. The van der Waals surface area contributed by atoms with Gasteiger partial charge in [0.2, 0.25) is 0 Å². The number of benzene rings is 1. The van der Waals surface area contributed by atoms with Crippen molar-refractivity contribution in [2.45, 2.75) is 51.3 Å². The Bertz CT molecular complexity index is 726. The van der Waals surface area contributed by atoms with Gasteiger partial charge in [-0.25, -0.2) is 4.79 Å². The highest BCUT2D eigenvalue weighted by molar-refractivity contribution is 6.21. The zero-order chi connectivity index (χ0) is 17.9. The third-order valence-electron chi connectivity index (χ3n) is 5.30. The summed E-state index contributed by atoms with van der Waals surface area (Å²) in [7, 11) is 0. The van der Waals surface area contributed by atoms with Gasteiger partial charge in [-0.1, -0.05) is 12.1 Å². The average Bonchev–Trinajstić information content (AvgIpc) is 3.10. The summed E-state index contributed by atoms with van der Waals surface area (Å²) < 4.78 is 5.53. The molecular weight excluding hydrogens is 320 g/mol. The molecule has 1 aromatic rings. The SMILES string of the molecule is CC(C)(C)OC(=O)N1C2CC(C2)[C@H]1CN1C(=O)c2ccccc2C1=O. The fraction of sp³-hybridized carbons (Fsp3) is 0.526. The predicted molar refractivity (Wildman–Crippen MR) is 90.2 cm³/mol. The molecule has 0 radical (unpaired) electrons. The molecule has 1 saturated carbocycles. The molecule has 4 aliphatic rings. The molecule has 3 heterocycles. The maximum atomic E-state index is 12.6. The molecule has 25 heavy (non-hydrogen) atoms. The van der Waals surface area contributed by atoms with E-state index in [4.69, 9.17) is 4.74 Å². The Balaban J connectivity index is 1.54. The summed E-state index contributed by atoms with van der Waals surface area (Å²) in [5.74, 6) is -0.204. The highest BCUT2D eigenvalue weighted by Gasteiger charge is 2.55. The molecule has 3 fully saturated rings. The van der Waals surface area contributed by atoms with Crippen molar-refractivity contribution >= 4 is 17.9 Å². The van der Waals surface area contributed by atoms with E-state index in [9.17, 15) is 14.4 Å². The highest BCUT2D eigenvalue weighted by atomic mass is 16.6. The molecule has 3 aliphatic heterocycles. The number of nitrogens with zero attached hydrogens (tertiary/aromatic N) is 2. The van der Waals surface area contributed by atoms with Gasteiger partial charge < -0.3 is 9.64 Å². The largest absolute Gasteiger partial charge is 0.444 e. The number of amides is 3. The zero-order valence-corrected chi connectivity index (χ0v) is 14.7. The third kappa shape index (κ3) is 2.51. The number of fused-ring (bicyclic) bond motifs is 2. The van der Waals surface area contributed by atoms with E-state index in [1.54, 1.807) is 29.2 Å². The van der Waals surface area contributed by atoms with Crippen molar-refractivity contribution in [3.8, 4) is 0 Å². The van der Waals surface area contributed by atoms with Crippen molar-refractivity contribution < 1.29 is 19.1 Å². The summed E-state index contributed by atoms with van der Waals surface area (Å²) in [5, 5.41) is 0. The van der Waals surface area contributed by atoms with Gasteiger partial charge in [-0.3, -0.25) is 14.5 Å². The Morgan fingerprint density at radius 2 is 1.68 bits per heavy atom. The number of carbonyl (C=O) groups is 3. The minimum Gasteiger partial charge on any atom is -0.444 e. The molecule has 5 rings (SSSR count). The molecule has 0 aromatic heterocycles. The van der Waals surface area contributed by atoms with Gasteiger partial charge >= 0.3 is 6.09 Å². The standard InChI is InChI=1S/C19H22N2O4/c1-19(2,3)25-18(24)21-12-8-11(9-12)15(21)10-20-16(22)13-6-4-5-7-14(13)17(20)23/h4-7,11-12,15H,8-10H2,1-3H3/t11?,12?,15-/m1/s1. The lowest BCUT2D eigenvalue weighted by Crippen LogP contribution is -2.47. The second kappa shape index (κ2) is 5.31. The number of rotatable bonds is 2. The molecular formula is C19H22N2O4. The van der Waals surface area contributed by atoms with Gasteiger partial charge in [0.25, 0.3) is 11.8 Å². The van der Waals surface area contributed by atoms with E-state index in [2.05, 4.69) is 0 Å². The van der Waals surface area contributed by atoms with Crippen molar-refractivity contribution in [1.29, 1.82) is 0 Å². The number of hydrogen-bond donors (Lipinski definition) is 0. The molecule has 1 aromatic carbocycles. The van der Waals surface area contributed by atoms with E-state index >= 15 is 0 Å². The molecule has 2 bridgehead atoms. The van der Waals surface area contributed by atoms with Crippen LogP contribution in [0.5, 0.6) is 0 Å². The van der Waals surface area contributed by atoms with Crippen molar-refractivity contribution in [1.82, 2.24) is 9.80 Å². The Kier molecular flexibility index (Phi) is 3.42. The van der Waals surface area contributed by atoms with Gasteiger partial charge in [0, 0.05) is 6.04 Å². The highest BCUT2D eigenvalue weighted by Crippen LogP contribution is 2.47. The van der Waals surface area contributed by atoms with E-state index in [0.29, 0.717) is 17.0 Å². The first kappa shape index (κ1) is 16.1. The molecule has 2 saturated heterocycles. The van der Waals surface area contributed by atoms with Gasteiger partial charge in [-0.05, 0) is 51.7 Å². The fourth-order valence-electron chi connectivity index (χ4n) is 4.10.